The Kier molecular flexibility index (Phi) is 5.00. The third-order valence-corrected chi connectivity index (χ3v) is 3.15. The molecule has 1 heterocycles. The molecule has 23 heavy (non-hydrogen) atoms. The third kappa shape index (κ3) is 4.32. The lowest BCUT2D eigenvalue weighted by molar-refractivity contribution is -0.123. The number of aryl methyl sites for hydroxylation is 1. The van der Waals surface area contributed by atoms with Gasteiger partial charge in [-0.05, 0) is 38.1 Å². The van der Waals surface area contributed by atoms with Crippen LogP contribution >= 0.6 is 0 Å². The molecular weight excluding hydrogens is 298 g/mol. The highest BCUT2D eigenvalue weighted by molar-refractivity contribution is 5.96. The summed E-state index contributed by atoms with van der Waals surface area (Å²) < 4.78 is 10.0. The van der Waals surface area contributed by atoms with E-state index in [1.165, 1.54) is 6.92 Å². The average Bonchev–Trinajstić information content (AvgIpc) is 2.92. The van der Waals surface area contributed by atoms with Gasteiger partial charge in [0.05, 0.1) is 5.56 Å². The molecule has 0 aliphatic carbocycles. The van der Waals surface area contributed by atoms with Crippen LogP contribution in [-0.2, 0) is 9.53 Å². The first-order valence-electron chi connectivity index (χ1n) is 7.09. The number of aromatic nitrogens is 1. The fraction of sp³-hybridized carbons (Fsp3) is 0.312. The van der Waals surface area contributed by atoms with Crippen molar-refractivity contribution in [3.63, 3.8) is 0 Å². The van der Waals surface area contributed by atoms with Gasteiger partial charge in [0.25, 0.3) is 5.91 Å². The Labute approximate surface area is 134 Å². The van der Waals surface area contributed by atoms with Gasteiger partial charge in [0.2, 0.25) is 0 Å². The van der Waals surface area contributed by atoms with E-state index in [-0.39, 0.29) is 5.82 Å². The minimum absolute atomic E-state index is 0.283. The van der Waals surface area contributed by atoms with Crippen LogP contribution < -0.4 is 10.2 Å². The highest BCUT2D eigenvalue weighted by Crippen LogP contribution is 2.14. The van der Waals surface area contributed by atoms with Gasteiger partial charge in [-0.25, -0.2) is 4.79 Å². The molecule has 0 saturated heterocycles. The lowest BCUT2D eigenvalue weighted by atomic mass is 10.2. The Morgan fingerprint density at radius 1 is 1.26 bits per heavy atom. The number of anilines is 2. The SMILES string of the molecule is Cc1cc(NC(=O)[C@H](C)OC(=O)c2ccc(N(C)C)cc2)no1. The van der Waals surface area contributed by atoms with Crippen molar-refractivity contribution in [1.82, 2.24) is 5.16 Å². The van der Waals surface area contributed by atoms with Crippen LogP contribution in [0.25, 0.3) is 0 Å². The van der Waals surface area contributed by atoms with Crippen LogP contribution in [0.1, 0.15) is 23.0 Å². The van der Waals surface area contributed by atoms with Crippen molar-refractivity contribution in [3.8, 4) is 0 Å². The zero-order chi connectivity index (χ0) is 17.0. The summed E-state index contributed by atoms with van der Waals surface area (Å²) in [5, 5.41) is 6.17. The van der Waals surface area contributed by atoms with Crippen molar-refractivity contribution < 1.29 is 18.8 Å². The first-order chi connectivity index (χ1) is 10.9. The minimum atomic E-state index is -0.951. The maximum absolute atomic E-state index is 12.0. The quantitative estimate of drug-likeness (QED) is 0.851. The van der Waals surface area contributed by atoms with E-state index in [2.05, 4.69) is 10.5 Å². The molecule has 0 spiro atoms. The van der Waals surface area contributed by atoms with Crippen LogP contribution in [-0.4, -0.2) is 37.2 Å². The number of carbonyl (C=O) groups excluding carboxylic acids is 2. The number of carbonyl (C=O) groups is 2. The Morgan fingerprint density at radius 2 is 1.91 bits per heavy atom. The van der Waals surface area contributed by atoms with E-state index >= 15 is 0 Å². The molecule has 0 bridgehead atoms. The topological polar surface area (TPSA) is 84.7 Å². The van der Waals surface area contributed by atoms with Crippen molar-refractivity contribution >= 4 is 23.4 Å². The van der Waals surface area contributed by atoms with Gasteiger partial charge in [0.15, 0.2) is 11.9 Å². The summed E-state index contributed by atoms with van der Waals surface area (Å²) in [5.74, 6) is -0.178. The van der Waals surface area contributed by atoms with E-state index in [4.69, 9.17) is 9.26 Å². The zero-order valence-electron chi connectivity index (χ0n) is 13.5. The number of ether oxygens (including phenoxy) is 1. The predicted molar refractivity (Wildman–Crippen MR) is 85.5 cm³/mol. The first-order valence-corrected chi connectivity index (χ1v) is 7.09. The fourth-order valence-electron chi connectivity index (χ4n) is 1.83. The van der Waals surface area contributed by atoms with E-state index < -0.39 is 18.0 Å². The van der Waals surface area contributed by atoms with E-state index in [1.807, 2.05) is 19.0 Å². The summed E-state index contributed by atoms with van der Waals surface area (Å²) in [5.41, 5.74) is 1.35. The van der Waals surface area contributed by atoms with Gasteiger partial charge in [0.1, 0.15) is 5.76 Å². The molecule has 0 fully saturated rings. The molecule has 2 rings (SSSR count). The van der Waals surface area contributed by atoms with Crippen LogP contribution in [0.3, 0.4) is 0 Å². The van der Waals surface area contributed by atoms with Crippen LogP contribution in [0.2, 0.25) is 0 Å². The number of hydrogen-bond acceptors (Lipinski definition) is 6. The molecule has 2 aromatic rings. The number of benzene rings is 1. The largest absolute Gasteiger partial charge is 0.449 e. The van der Waals surface area contributed by atoms with Crippen LogP contribution in [0.5, 0.6) is 0 Å². The van der Waals surface area contributed by atoms with Gasteiger partial charge in [0, 0.05) is 25.8 Å². The molecule has 1 atom stereocenters. The van der Waals surface area contributed by atoms with Crippen molar-refractivity contribution in [1.29, 1.82) is 0 Å². The molecule has 1 aromatic carbocycles. The van der Waals surface area contributed by atoms with Crippen LogP contribution in [0, 0.1) is 6.92 Å². The second-order valence-corrected chi connectivity index (χ2v) is 5.30. The molecule has 0 aliphatic rings. The maximum atomic E-state index is 12.0. The van der Waals surface area contributed by atoms with Crippen molar-refractivity contribution in [2.45, 2.75) is 20.0 Å². The fourth-order valence-corrected chi connectivity index (χ4v) is 1.83. The molecule has 7 heteroatoms. The van der Waals surface area contributed by atoms with Gasteiger partial charge < -0.3 is 19.5 Å². The molecule has 7 nitrogen and oxygen atoms in total. The zero-order valence-corrected chi connectivity index (χ0v) is 13.5. The van der Waals surface area contributed by atoms with Gasteiger partial charge >= 0.3 is 5.97 Å². The molecule has 0 radical (unpaired) electrons. The standard InChI is InChI=1S/C16H19N3O4/c1-10-9-14(18-23-10)17-15(20)11(2)22-16(21)12-5-7-13(8-6-12)19(3)4/h5-9,11H,1-4H3,(H,17,18,20)/t11-/m0/s1. The van der Waals surface area contributed by atoms with Crippen LogP contribution in [0.4, 0.5) is 11.5 Å². The third-order valence-electron chi connectivity index (χ3n) is 3.15. The van der Waals surface area contributed by atoms with Gasteiger partial charge in [-0.2, -0.15) is 0 Å². The summed E-state index contributed by atoms with van der Waals surface area (Å²) in [6.45, 7) is 3.21. The maximum Gasteiger partial charge on any atom is 0.338 e. The summed E-state index contributed by atoms with van der Waals surface area (Å²) in [6.07, 6.45) is -0.951. The summed E-state index contributed by atoms with van der Waals surface area (Å²) >= 11 is 0. The lowest BCUT2D eigenvalue weighted by Gasteiger charge is -2.14. The Morgan fingerprint density at radius 3 is 2.43 bits per heavy atom. The highest BCUT2D eigenvalue weighted by Gasteiger charge is 2.20. The summed E-state index contributed by atoms with van der Waals surface area (Å²) in [6, 6.07) is 8.50. The molecular formula is C16H19N3O4. The first kappa shape index (κ1) is 16.5. The predicted octanol–water partition coefficient (Wildman–Crippen LogP) is 2.23. The molecule has 1 aromatic heterocycles. The molecule has 122 valence electrons. The Balaban J connectivity index is 1.94. The smallest absolute Gasteiger partial charge is 0.338 e. The van der Waals surface area contributed by atoms with E-state index in [0.29, 0.717) is 11.3 Å². The molecule has 0 unspecified atom stereocenters. The summed E-state index contributed by atoms with van der Waals surface area (Å²) in [4.78, 5) is 25.9. The number of nitrogens with one attached hydrogen (secondary N) is 1. The molecule has 1 N–H and O–H groups in total. The number of amides is 1. The molecule has 1 amide bonds. The van der Waals surface area contributed by atoms with E-state index in [9.17, 15) is 9.59 Å². The number of hydrogen-bond donors (Lipinski definition) is 1. The Bertz CT molecular complexity index is 692. The van der Waals surface area contributed by atoms with E-state index in [1.54, 1.807) is 37.3 Å². The second kappa shape index (κ2) is 6.95. The number of rotatable bonds is 5. The van der Waals surface area contributed by atoms with Crippen molar-refractivity contribution in [3.05, 3.63) is 41.7 Å². The normalized spacial score (nSPS) is 11.7. The van der Waals surface area contributed by atoms with Crippen molar-refractivity contribution in [2.75, 3.05) is 24.3 Å². The molecule has 0 aliphatic heterocycles. The van der Waals surface area contributed by atoms with Gasteiger partial charge in [-0.15, -0.1) is 0 Å². The van der Waals surface area contributed by atoms with Crippen molar-refractivity contribution in [2.24, 2.45) is 0 Å². The lowest BCUT2D eigenvalue weighted by Crippen LogP contribution is -2.30. The number of nitrogens with zero attached hydrogens (tertiary/aromatic N) is 2. The highest BCUT2D eigenvalue weighted by atomic mass is 16.5. The average molecular weight is 317 g/mol. The minimum Gasteiger partial charge on any atom is -0.449 e. The number of esters is 1. The van der Waals surface area contributed by atoms with Gasteiger partial charge in [-0.3, -0.25) is 4.79 Å². The monoisotopic (exact) mass is 317 g/mol. The van der Waals surface area contributed by atoms with Crippen LogP contribution in [0.15, 0.2) is 34.9 Å². The summed E-state index contributed by atoms with van der Waals surface area (Å²) in [7, 11) is 3.82. The second-order valence-electron chi connectivity index (χ2n) is 5.30. The van der Waals surface area contributed by atoms with E-state index in [0.717, 1.165) is 5.69 Å². The Hall–Kier alpha value is -2.83. The molecule has 0 saturated carbocycles. The van der Waals surface area contributed by atoms with Gasteiger partial charge in [-0.1, -0.05) is 5.16 Å².